The van der Waals surface area contributed by atoms with Crippen molar-refractivity contribution in [2.45, 2.75) is 26.2 Å². The van der Waals surface area contributed by atoms with Crippen molar-refractivity contribution in [1.82, 2.24) is 9.80 Å². The molecule has 2 heteroatoms. The van der Waals surface area contributed by atoms with Gasteiger partial charge >= 0.3 is 0 Å². The molecule has 3 rings (SSSR count). The van der Waals surface area contributed by atoms with E-state index in [0.717, 1.165) is 0 Å². The summed E-state index contributed by atoms with van der Waals surface area (Å²) in [6.45, 7) is 9.50. The fourth-order valence-electron chi connectivity index (χ4n) is 3.54. The van der Waals surface area contributed by atoms with E-state index < -0.39 is 0 Å². The smallest absolute Gasteiger partial charge is 0.0110 e. The van der Waals surface area contributed by atoms with E-state index in [0.29, 0.717) is 0 Å². The lowest BCUT2D eigenvalue weighted by Gasteiger charge is -2.34. The third kappa shape index (κ3) is 5.47. The fourth-order valence-corrected chi connectivity index (χ4v) is 3.54. The predicted octanol–water partition coefficient (Wildman–Crippen LogP) is 3.79. The topological polar surface area (TPSA) is 6.48 Å². The van der Waals surface area contributed by atoms with Crippen molar-refractivity contribution in [3.05, 3.63) is 71.3 Å². The normalized spacial score (nSPS) is 16.4. The van der Waals surface area contributed by atoms with Crippen molar-refractivity contribution in [3.8, 4) is 0 Å². The van der Waals surface area contributed by atoms with Crippen molar-refractivity contribution in [1.29, 1.82) is 0 Å². The summed E-state index contributed by atoms with van der Waals surface area (Å²) in [5.41, 5.74) is 4.31. The van der Waals surface area contributed by atoms with Crippen LogP contribution >= 0.6 is 0 Å². The summed E-state index contributed by atoms with van der Waals surface area (Å²) in [6.07, 6.45) is 3.65. The van der Waals surface area contributed by atoms with Gasteiger partial charge in [0.15, 0.2) is 0 Å². The van der Waals surface area contributed by atoms with Crippen LogP contribution in [0, 0.1) is 6.92 Å². The Bertz CT molecular complexity index is 600. The molecular formula is C22H30N2. The molecule has 1 saturated heterocycles. The Hall–Kier alpha value is -1.64. The Morgan fingerprint density at radius 2 is 1.38 bits per heavy atom. The van der Waals surface area contributed by atoms with Crippen LogP contribution in [0.25, 0.3) is 0 Å². The summed E-state index contributed by atoms with van der Waals surface area (Å²) < 4.78 is 0. The van der Waals surface area contributed by atoms with Crippen LogP contribution < -0.4 is 0 Å². The van der Waals surface area contributed by atoms with E-state index in [1.54, 1.807) is 0 Å². The van der Waals surface area contributed by atoms with Gasteiger partial charge in [0.1, 0.15) is 0 Å². The summed E-state index contributed by atoms with van der Waals surface area (Å²) >= 11 is 0. The molecule has 2 nitrogen and oxygen atoms in total. The van der Waals surface area contributed by atoms with Gasteiger partial charge in [-0.25, -0.2) is 0 Å². The van der Waals surface area contributed by atoms with E-state index in [2.05, 4.69) is 71.3 Å². The largest absolute Gasteiger partial charge is 0.301 e. The molecule has 128 valence electrons. The van der Waals surface area contributed by atoms with Crippen LogP contribution in [-0.4, -0.2) is 49.1 Å². The van der Waals surface area contributed by atoms with Crippen molar-refractivity contribution >= 4 is 0 Å². The standard InChI is InChI=1S/C22H30N2/c1-20-7-5-10-22(19-20)12-14-24-17-15-23(16-18-24)13-6-11-21-8-3-2-4-9-21/h2-5,7-10,19H,6,11-18H2,1H3. The number of hydrogen-bond donors (Lipinski definition) is 0. The molecule has 0 radical (unpaired) electrons. The van der Waals surface area contributed by atoms with Gasteiger partial charge in [0.25, 0.3) is 0 Å². The van der Waals surface area contributed by atoms with Crippen LogP contribution in [0.15, 0.2) is 54.6 Å². The first-order valence-corrected chi connectivity index (χ1v) is 9.34. The first-order chi connectivity index (χ1) is 11.8. The van der Waals surface area contributed by atoms with E-state index in [4.69, 9.17) is 0 Å². The third-order valence-electron chi connectivity index (χ3n) is 5.05. The second kappa shape index (κ2) is 9.00. The van der Waals surface area contributed by atoms with Gasteiger partial charge in [-0.2, -0.15) is 0 Å². The maximum absolute atomic E-state index is 2.63. The van der Waals surface area contributed by atoms with Crippen LogP contribution in [0.5, 0.6) is 0 Å². The zero-order chi connectivity index (χ0) is 16.6. The molecule has 1 heterocycles. The zero-order valence-electron chi connectivity index (χ0n) is 15.0. The van der Waals surface area contributed by atoms with Gasteiger partial charge in [-0.3, -0.25) is 0 Å². The molecule has 1 aliphatic heterocycles. The van der Waals surface area contributed by atoms with Crippen LogP contribution in [0.3, 0.4) is 0 Å². The number of benzene rings is 2. The molecule has 0 spiro atoms. The Kier molecular flexibility index (Phi) is 6.45. The molecule has 0 bridgehead atoms. The fraction of sp³-hybridized carbons (Fsp3) is 0.455. The monoisotopic (exact) mass is 322 g/mol. The minimum atomic E-state index is 1.18. The zero-order valence-corrected chi connectivity index (χ0v) is 15.0. The number of hydrogen-bond acceptors (Lipinski definition) is 2. The molecule has 0 unspecified atom stereocenters. The van der Waals surface area contributed by atoms with Gasteiger partial charge in [0, 0.05) is 32.7 Å². The highest BCUT2D eigenvalue weighted by molar-refractivity contribution is 5.22. The van der Waals surface area contributed by atoms with E-state index in [-0.39, 0.29) is 0 Å². The summed E-state index contributed by atoms with van der Waals surface area (Å²) in [5.74, 6) is 0. The second-order valence-corrected chi connectivity index (χ2v) is 7.01. The highest BCUT2D eigenvalue weighted by atomic mass is 15.3. The summed E-state index contributed by atoms with van der Waals surface area (Å²) in [4.78, 5) is 5.25. The SMILES string of the molecule is Cc1cccc(CCN2CCN(CCCc3ccccc3)CC2)c1. The van der Waals surface area contributed by atoms with E-state index >= 15 is 0 Å². The first-order valence-electron chi connectivity index (χ1n) is 9.34. The highest BCUT2D eigenvalue weighted by Gasteiger charge is 2.16. The Morgan fingerprint density at radius 1 is 0.708 bits per heavy atom. The molecule has 0 amide bonds. The van der Waals surface area contributed by atoms with E-state index in [1.165, 1.54) is 75.2 Å². The predicted molar refractivity (Wildman–Crippen MR) is 103 cm³/mol. The summed E-state index contributed by atoms with van der Waals surface area (Å²) in [6, 6.07) is 19.8. The first kappa shape index (κ1) is 17.2. The lowest BCUT2D eigenvalue weighted by Crippen LogP contribution is -2.47. The second-order valence-electron chi connectivity index (χ2n) is 7.01. The molecule has 0 aliphatic carbocycles. The molecule has 2 aromatic rings. The average Bonchev–Trinajstić information content (AvgIpc) is 2.62. The van der Waals surface area contributed by atoms with Crippen molar-refractivity contribution in [2.75, 3.05) is 39.3 Å². The Morgan fingerprint density at radius 3 is 2.08 bits per heavy atom. The third-order valence-corrected chi connectivity index (χ3v) is 5.05. The van der Waals surface area contributed by atoms with Gasteiger partial charge in [-0.05, 0) is 43.9 Å². The van der Waals surface area contributed by atoms with Crippen LogP contribution in [0.4, 0.5) is 0 Å². The van der Waals surface area contributed by atoms with Crippen LogP contribution in [0.1, 0.15) is 23.1 Å². The Labute approximate surface area is 147 Å². The van der Waals surface area contributed by atoms with Gasteiger partial charge < -0.3 is 9.80 Å². The van der Waals surface area contributed by atoms with Crippen molar-refractivity contribution < 1.29 is 0 Å². The lowest BCUT2D eigenvalue weighted by molar-refractivity contribution is 0.132. The quantitative estimate of drug-likeness (QED) is 0.765. The number of nitrogens with zero attached hydrogens (tertiary/aromatic N) is 2. The molecular weight excluding hydrogens is 292 g/mol. The average molecular weight is 322 g/mol. The van der Waals surface area contributed by atoms with Crippen molar-refractivity contribution in [2.24, 2.45) is 0 Å². The molecule has 24 heavy (non-hydrogen) atoms. The molecule has 0 saturated carbocycles. The van der Waals surface area contributed by atoms with E-state index in [1.807, 2.05) is 0 Å². The highest BCUT2D eigenvalue weighted by Crippen LogP contribution is 2.09. The Balaban J connectivity index is 1.32. The molecule has 0 atom stereocenters. The molecule has 2 aromatic carbocycles. The maximum atomic E-state index is 2.63. The summed E-state index contributed by atoms with van der Waals surface area (Å²) in [5, 5.41) is 0. The molecule has 0 N–H and O–H groups in total. The van der Waals surface area contributed by atoms with Crippen LogP contribution in [-0.2, 0) is 12.8 Å². The minimum Gasteiger partial charge on any atom is -0.301 e. The maximum Gasteiger partial charge on any atom is 0.0110 e. The molecule has 0 aromatic heterocycles. The summed E-state index contributed by atoms with van der Waals surface area (Å²) in [7, 11) is 0. The van der Waals surface area contributed by atoms with Crippen molar-refractivity contribution in [3.63, 3.8) is 0 Å². The van der Waals surface area contributed by atoms with Gasteiger partial charge in [-0.1, -0.05) is 60.2 Å². The lowest BCUT2D eigenvalue weighted by atomic mass is 10.1. The van der Waals surface area contributed by atoms with Gasteiger partial charge in [0.05, 0.1) is 0 Å². The molecule has 1 aliphatic rings. The molecule has 1 fully saturated rings. The number of piperazine rings is 1. The minimum absolute atomic E-state index is 1.18. The van der Waals surface area contributed by atoms with Gasteiger partial charge in [-0.15, -0.1) is 0 Å². The number of rotatable bonds is 7. The van der Waals surface area contributed by atoms with E-state index in [9.17, 15) is 0 Å². The van der Waals surface area contributed by atoms with Gasteiger partial charge in [0.2, 0.25) is 0 Å². The number of aryl methyl sites for hydroxylation is 2. The van der Waals surface area contributed by atoms with Crippen LogP contribution in [0.2, 0.25) is 0 Å².